The highest BCUT2D eigenvalue weighted by Gasteiger charge is 2.19. The SMILES string of the molecule is Cc1ccc2c(c1)n(Cc1cccc(F)c1)c(=O)c1nc(C(=O)NCCCN3CCCC3)nn12. The first-order valence-corrected chi connectivity index (χ1v) is 11.6. The second kappa shape index (κ2) is 9.34. The summed E-state index contributed by atoms with van der Waals surface area (Å²) in [6.07, 6.45) is 3.32. The van der Waals surface area contributed by atoms with Crippen molar-refractivity contribution in [1.82, 2.24) is 29.4 Å². The Kier molecular flexibility index (Phi) is 6.10. The van der Waals surface area contributed by atoms with Crippen LogP contribution in [0.3, 0.4) is 0 Å². The smallest absolute Gasteiger partial charge is 0.296 e. The highest BCUT2D eigenvalue weighted by atomic mass is 19.1. The Labute approximate surface area is 196 Å². The number of fused-ring (bicyclic) bond motifs is 3. The van der Waals surface area contributed by atoms with Crippen molar-refractivity contribution in [2.75, 3.05) is 26.2 Å². The molecule has 2 aromatic carbocycles. The third-order valence-electron chi connectivity index (χ3n) is 6.26. The van der Waals surface area contributed by atoms with Crippen molar-refractivity contribution < 1.29 is 9.18 Å². The Hall–Kier alpha value is -3.59. The van der Waals surface area contributed by atoms with Crippen LogP contribution in [0.4, 0.5) is 4.39 Å². The largest absolute Gasteiger partial charge is 0.349 e. The molecule has 0 saturated carbocycles. The van der Waals surface area contributed by atoms with E-state index in [-0.39, 0.29) is 29.4 Å². The van der Waals surface area contributed by atoms with Crippen LogP contribution in [0.1, 0.15) is 41.0 Å². The molecule has 1 aliphatic heterocycles. The first-order chi connectivity index (χ1) is 16.5. The summed E-state index contributed by atoms with van der Waals surface area (Å²) in [5, 5.41) is 7.23. The van der Waals surface area contributed by atoms with Crippen molar-refractivity contribution in [1.29, 1.82) is 0 Å². The molecular weight excluding hydrogens is 435 g/mol. The number of halogens is 1. The van der Waals surface area contributed by atoms with Gasteiger partial charge in [-0.1, -0.05) is 18.2 Å². The predicted molar refractivity (Wildman–Crippen MR) is 128 cm³/mol. The molecule has 0 unspecified atom stereocenters. The minimum Gasteiger partial charge on any atom is -0.349 e. The lowest BCUT2D eigenvalue weighted by Gasteiger charge is -2.13. The second-order valence-electron chi connectivity index (χ2n) is 8.84. The van der Waals surface area contributed by atoms with E-state index in [4.69, 9.17) is 0 Å². The Morgan fingerprint density at radius 1 is 1.12 bits per heavy atom. The van der Waals surface area contributed by atoms with Gasteiger partial charge in [0.1, 0.15) is 5.82 Å². The summed E-state index contributed by atoms with van der Waals surface area (Å²) in [5.74, 6) is -0.802. The number of nitrogens with one attached hydrogen (secondary N) is 1. The summed E-state index contributed by atoms with van der Waals surface area (Å²) in [4.78, 5) is 32.8. The molecule has 1 aliphatic rings. The van der Waals surface area contributed by atoms with Gasteiger partial charge in [-0.15, -0.1) is 5.10 Å². The quantitative estimate of drug-likeness (QED) is 0.427. The van der Waals surface area contributed by atoms with Gasteiger partial charge in [-0.2, -0.15) is 4.98 Å². The summed E-state index contributed by atoms with van der Waals surface area (Å²) >= 11 is 0. The number of carbonyl (C=O) groups excluding carboxylic acids is 1. The molecule has 1 saturated heterocycles. The van der Waals surface area contributed by atoms with Gasteiger partial charge in [-0.25, -0.2) is 8.91 Å². The van der Waals surface area contributed by atoms with Crippen LogP contribution in [-0.4, -0.2) is 56.2 Å². The van der Waals surface area contributed by atoms with Crippen LogP contribution in [0, 0.1) is 12.7 Å². The molecule has 9 heteroatoms. The zero-order valence-corrected chi connectivity index (χ0v) is 19.1. The minimum atomic E-state index is -0.401. The third-order valence-corrected chi connectivity index (χ3v) is 6.26. The van der Waals surface area contributed by atoms with E-state index in [0.717, 1.165) is 31.6 Å². The van der Waals surface area contributed by atoms with E-state index < -0.39 is 5.91 Å². The summed E-state index contributed by atoms with van der Waals surface area (Å²) < 4.78 is 16.7. The standard InChI is InChI=1S/C25H27FN6O2/c1-17-8-9-20-21(14-17)31(16-18-6-4-7-19(26)15-18)25(34)23-28-22(29-32(20)23)24(33)27-10-5-13-30-11-2-3-12-30/h4,6-9,14-15H,2-3,5,10-13,16H2,1H3,(H,27,33). The number of likely N-dealkylation sites (tertiary alicyclic amines) is 1. The third kappa shape index (κ3) is 4.43. The number of rotatable bonds is 7. The molecule has 5 rings (SSSR count). The Balaban J connectivity index is 1.46. The lowest BCUT2D eigenvalue weighted by molar-refractivity contribution is 0.0942. The van der Waals surface area contributed by atoms with Gasteiger partial charge in [-0.05, 0) is 81.2 Å². The number of aromatic nitrogens is 4. The lowest BCUT2D eigenvalue weighted by atomic mass is 10.2. The van der Waals surface area contributed by atoms with Crippen LogP contribution in [0.15, 0.2) is 47.3 Å². The summed E-state index contributed by atoms with van der Waals surface area (Å²) in [5.41, 5.74) is 2.60. The van der Waals surface area contributed by atoms with E-state index in [0.29, 0.717) is 23.1 Å². The highest BCUT2D eigenvalue weighted by molar-refractivity contribution is 5.91. The summed E-state index contributed by atoms with van der Waals surface area (Å²) in [7, 11) is 0. The molecule has 0 radical (unpaired) electrons. The van der Waals surface area contributed by atoms with Gasteiger partial charge in [-0.3, -0.25) is 14.2 Å². The van der Waals surface area contributed by atoms with E-state index >= 15 is 0 Å². The van der Waals surface area contributed by atoms with Crippen molar-refractivity contribution in [3.63, 3.8) is 0 Å². The highest BCUT2D eigenvalue weighted by Crippen LogP contribution is 2.17. The Bertz CT molecular complexity index is 1420. The maximum Gasteiger partial charge on any atom is 0.296 e. The fourth-order valence-corrected chi connectivity index (χ4v) is 4.54. The molecule has 3 heterocycles. The number of amides is 1. The van der Waals surface area contributed by atoms with Gasteiger partial charge in [0.05, 0.1) is 17.6 Å². The molecule has 1 fully saturated rings. The number of carbonyl (C=O) groups is 1. The maximum absolute atomic E-state index is 13.7. The lowest BCUT2D eigenvalue weighted by Crippen LogP contribution is -2.29. The first-order valence-electron chi connectivity index (χ1n) is 11.6. The van der Waals surface area contributed by atoms with Crippen LogP contribution < -0.4 is 10.9 Å². The van der Waals surface area contributed by atoms with Gasteiger partial charge in [0.15, 0.2) is 0 Å². The van der Waals surface area contributed by atoms with Crippen molar-refractivity contribution in [3.8, 4) is 0 Å². The zero-order chi connectivity index (χ0) is 23.7. The van der Waals surface area contributed by atoms with Gasteiger partial charge >= 0.3 is 0 Å². The monoisotopic (exact) mass is 462 g/mol. The summed E-state index contributed by atoms with van der Waals surface area (Å²) in [6, 6.07) is 11.8. The Morgan fingerprint density at radius 3 is 2.74 bits per heavy atom. The average molecular weight is 463 g/mol. The van der Waals surface area contributed by atoms with Crippen LogP contribution >= 0.6 is 0 Å². The number of benzene rings is 2. The molecular formula is C25H27FN6O2. The Morgan fingerprint density at radius 2 is 1.94 bits per heavy atom. The molecule has 8 nitrogen and oxygen atoms in total. The topological polar surface area (TPSA) is 84.5 Å². The van der Waals surface area contributed by atoms with Crippen molar-refractivity contribution >= 4 is 22.6 Å². The van der Waals surface area contributed by atoms with E-state index in [1.54, 1.807) is 16.7 Å². The van der Waals surface area contributed by atoms with E-state index in [1.165, 1.54) is 29.5 Å². The number of hydrogen-bond acceptors (Lipinski definition) is 5. The fourth-order valence-electron chi connectivity index (χ4n) is 4.54. The number of nitrogens with zero attached hydrogens (tertiary/aromatic N) is 5. The van der Waals surface area contributed by atoms with Crippen LogP contribution in [0.2, 0.25) is 0 Å². The summed E-state index contributed by atoms with van der Waals surface area (Å²) in [6.45, 7) is 5.83. The van der Waals surface area contributed by atoms with Crippen LogP contribution in [-0.2, 0) is 6.54 Å². The first kappa shape index (κ1) is 22.2. The fraction of sp³-hybridized carbons (Fsp3) is 0.360. The molecule has 34 heavy (non-hydrogen) atoms. The molecule has 0 spiro atoms. The maximum atomic E-state index is 13.7. The van der Waals surface area contributed by atoms with E-state index in [1.807, 2.05) is 25.1 Å². The molecule has 0 bridgehead atoms. The van der Waals surface area contributed by atoms with Gasteiger partial charge in [0.25, 0.3) is 11.5 Å². The van der Waals surface area contributed by atoms with Crippen molar-refractivity contribution in [2.24, 2.45) is 0 Å². The van der Waals surface area contributed by atoms with Gasteiger partial charge in [0.2, 0.25) is 11.5 Å². The van der Waals surface area contributed by atoms with Crippen LogP contribution in [0.25, 0.3) is 16.7 Å². The second-order valence-corrected chi connectivity index (χ2v) is 8.84. The van der Waals surface area contributed by atoms with E-state index in [2.05, 4.69) is 20.3 Å². The predicted octanol–water partition coefficient (Wildman–Crippen LogP) is 2.76. The van der Waals surface area contributed by atoms with Crippen LogP contribution in [0.5, 0.6) is 0 Å². The molecule has 0 atom stereocenters. The number of hydrogen-bond donors (Lipinski definition) is 1. The van der Waals surface area contributed by atoms with Crippen molar-refractivity contribution in [3.05, 3.63) is 75.6 Å². The van der Waals surface area contributed by atoms with Crippen molar-refractivity contribution in [2.45, 2.75) is 32.7 Å². The normalized spacial score (nSPS) is 14.3. The van der Waals surface area contributed by atoms with Gasteiger partial charge in [0, 0.05) is 6.54 Å². The molecule has 1 N–H and O–H groups in total. The van der Waals surface area contributed by atoms with E-state index in [9.17, 15) is 14.0 Å². The zero-order valence-electron chi connectivity index (χ0n) is 19.1. The molecule has 2 aromatic heterocycles. The minimum absolute atomic E-state index is 0.0383. The molecule has 0 aliphatic carbocycles. The average Bonchev–Trinajstić information content (AvgIpc) is 3.50. The number of aryl methyl sites for hydroxylation is 1. The molecule has 4 aromatic rings. The molecule has 1 amide bonds. The molecule has 176 valence electrons. The van der Waals surface area contributed by atoms with Gasteiger partial charge < -0.3 is 10.2 Å².